The van der Waals surface area contributed by atoms with Crippen molar-refractivity contribution in [2.45, 2.75) is 19.9 Å². The summed E-state index contributed by atoms with van der Waals surface area (Å²) in [5, 5.41) is 3.55. The Balaban J connectivity index is 1.63. The first-order valence-electron chi connectivity index (χ1n) is 8.17. The summed E-state index contributed by atoms with van der Waals surface area (Å²) in [6.07, 6.45) is 0.648. The van der Waals surface area contributed by atoms with Crippen LogP contribution in [-0.4, -0.2) is 21.6 Å². The molecule has 0 aliphatic carbocycles. The second-order valence-electron chi connectivity index (χ2n) is 6.06. The van der Waals surface area contributed by atoms with Gasteiger partial charge in [-0.05, 0) is 43.7 Å². The van der Waals surface area contributed by atoms with Crippen LogP contribution in [0, 0.1) is 12.7 Å². The maximum atomic E-state index is 13.3. The molecule has 5 nitrogen and oxygen atoms in total. The smallest absolute Gasteiger partial charge is 0.267 e. The number of rotatable bonds is 5. The van der Waals surface area contributed by atoms with Gasteiger partial charge in [-0.3, -0.25) is 9.59 Å². The topological polar surface area (TPSA) is 56.0 Å². The predicted molar refractivity (Wildman–Crippen MR) is 95.3 cm³/mol. The highest BCUT2D eigenvalue weighted by atomic mass is 19.1. The number of amides is 1. The summed E-state index contributed by atoms with van der Waals surface area (Å²) in [5.74, 6) is -0.537. The molecule has 0 unspecified atom stereocenters. The van der Waals surface area contributed by atoms with Crippen LogP contribution >= 0.6 is 0 Å². The Morgan fingerprint density at radius 1 is 1.20 bits per heavy atom. The predicted octanol–water partition coefficient (Wildman–Crippen LogP) is 2.61. The van der Waals surface area contributed by atoms with Crippen molar-refractivity contribution in [2.75, 3.05) is 6.54 Å². The van der Waals surface area contributed by atoms with E-state index in [2.05, 4.69) is 5.32 Å². The van der Waals surface area contributed by atoms with E-state index >= 15 is 0 Å². The van der Waals surface area contributed by atoms with E-state index in [-0.39, 0.29) is 17.3 Å². The fraction of sp³-hybridized carbons (Fsp3) is 0.263. The van der Waals surface area contributed by atoms with Gasteiger partial charge in [-0.1, -0.05) is 6.07 Å². The molecule has 3 rings (SSSR count). The van der Waals surface area contributed by atoms with Crippen molar-refractivity contribution < 1.29 is 9.18 Å². The van der Waals surface area contributed by atoms with E-state index < -0.39 is 0 Å². The first-order valence-corrected chi connectivity index (χ1v) is 8.17. The van der Waals surface area contributed by atoms with Gasteiger partial charge in [-0.2, -0.15) is 0 Å². The van der Waals surface area contributed by atoms with Gasteiger partial charge in [-0.25, -0.2) is 4.39 Å². The molecule has 1 aromatic carbocycles. The Bertz CT molecular complexity index is 988. The maximum Gasteiger partial charge on any atom is 0.267 e. The van der Waals surface area contributed by atoms with Crippen LogP contribution in [0.4, 0.5) is 4.39 Å². The highest BCUT2D eigenvalue weighted by Gasteiger charge is 2.13. The number of fused-ring (bicyclic) bond motifs is 1. The summed E-state index contributed by atoms with van der Waals surface area (Å²) < 4.78 is 16.7. The third kappa shape index (κ3) is 3.47. The van der Waals surface area contributed by atoms with Gasteiger partial charge in [0.15, 0.2) is 0 Å². The SMILES string of the molecule is Cc1cccc(=O)n1CCCNC(=O)c1cc2cc(F)ccc2n1C. The van der Waals surface area contributed by atoms with Crippen LogP contribution in [0.1, 0.15) is 22.6 Å². The van der Waals surface area contributed by atoms with E-state index in [1.165, 1.54) is 18.2 Å². The van der Waals surface area contributed by atoms with E-state index in [4.69, 9.17) is 0 Å². The second kappa shape index (κ2) is 6.93. The summed E-state index contributed by atoms with van der Waals surface area (Å²) in [4.78, 5) is 24.2. The standard InChI is InChI=1S/C19H20FN3O2/c1-13-5-3-6-18(24)23(13)10-4-9-21-19(25)17-12-14-11-15(20)7-8-16(14)22(17)2/h3,5-8,11-12H,4,9-10H2,1-2H3,(H,21,25). The lowest BCUT2D eigenvalue weighted by atomic mass is 10.2. The lowest BCUT2D eigenvalue weighted by Crippen LogP contribution is -2.28. The Morgan fingerprint density at radius 3 is 2.76 bits per heavy atom. The van der Waals surface area contributed by atoms with E-state index in [0.29, 0.717) is 30.6 Å². The van der Waals surface area contributed by atoms with E-state index in [1.54, 1.807) is 34.4 Å². The van der Waals surface area contributed by atoms with Gasteiger partial charge in [0.2, 0.25) is 0 Å². The van der Waals surface area contributed by atoms with Gasteiger partial charge < -0.3 is 14.5 Å². The summed E-state index contributed by atoms with van der Waals surface area (Å²) in [6, 6.07) is 11.3. The Kier molecular flexibility index (Phi) is 4.70. The minimum Gasteiger partial charge on any atom is -0.351 e. The number of carbonyl (C=O) groups excluding carboxylic acids is 1. The first kappa shape index (κ1) is 17.0. The third-order valence-corrected chi connectivity index (χ3v) is 4.35. The molecule has 1 N–H and O–H groups in total. The quantitative estimate of drug-likeness (QED) is 0.725. The molecule has 0 saturated heterocycles. The summed E-state index contributed by atoms with van der Waals surface area (Å²) in [6.45, 7) is 2.89. The number of aromatic nitrogens is 2. The Labute approximate surface area is 144 Å². The first-order chi connectivity index (χ1) is 12.0. The zero-order valence-corrected chi connectivity index (χ0v) is 14.3. The fourth-order valence-corrected chi connectivity index (χ4v) is 2.98. The van der Waals surface area contributed by atoms with Crippen molar-refractivity contribution in [3.63, 3.8) is 0 Å². The molecule has 0 saturated carbocycles. The number of hydrogen-bond donors (Lipinski definition) is 1. The van der Waals surface area contributed by atoms with Crippen molar-refractivity contribution >= 4 is 16.8 Å². The molecule has 25 heavy (non-hydrogen) atoms. The summed E-state index contributed by atoms with van der Waals surface area (Å²) >= 11 is 0. The van der Waals surface area contributed by atoms with Gasteiger partial charge >= 0.3 is 0 Å². The van der Waals surface area contributed by atoms with Gasteiger partial charge in [0.05, 0.1) is 0 Å². The summed E-state index contributed by atoms with van der Waals surface area (Å²) in [5.41, 5.74) is 2.14. The molecule has 0 aliphatic rings. The number of pyridine rings is 1. The fourth-order valence-electron chi connectivity index (χ4n) is 2.98. The number of halogens is 1. The number of aryl methyl sites for hydroxylation is 2. The van der Waals surface area contributed by atoms with Crippen LogP contribution in [0.5, 0.6) is 0 Å². The van der Waals surface area contributed by atoms with Crippen LogP contribution in [-0.2, 0) is 13.6 Å². The highest BCUT2D eigenvalue weighted by Crippen LogP contribution is 2.19. The van der Waals surface area contributed by atoms with Crippen LogP contribution < -0.4 is 10.9 Å². The van der Waals surface area contributed by atoms with Crippen molar-refractivity contribution in [3.05, 3.63) is 70.0 Å². The molecule has 0 fully saturated rings. The molecule has 3 aromatic rings. The van der Waals surface area contributed by atoms with Crippen molar-refractivity contribution in [1.82, 2.24) is 14.5 Å². The molecular formula is C19H20FN3O2. The average Bonchev–Trinajstić information content (AvgIpc) is 2.89. The molecule has 2 aromatic heterocycles. The molecule has 0 atom stereocenters. The molecule has 0 bridgehead atoms. The maximum absolute atomic E-state index is 13.3. The normalized spacial score (nSPS) is 11.0. The third-order valence-electron chi connectivity index (χ3n) is 4.35. The lowest BCUT2D eigenvalue weighted by Gasteiger charge is -2.10. The van der Waals surface area contributed by atoms with E-state index in [9.17, 15) is 14.0 Å². The van der Waals surface area contributed by atoms with Crippen LogP contribution in [0.15, 0.2) is 47.3 Å². The van der Waals surface area contributed by atoms with Crippen LogP contribution in [0.2, 0.25) is 0 Å². The minimum atomic E-state index is -0.325. The van der Waals surface area contributed by atoms with Crippen molar-refractivity contribution in [1.29, 1.82) is 0 Å². The summed E-state index contributed by atoms with van der Waals surface area (Å²) in [7, 11) is 1.78. The molecule has 130 valence electrons. The van der Waals surface area contributed by atoms with Gasteiger partial charge in [-0.15, -0.1) is 0 Å². The molecule has 0 spiro atoms. The zero-order valence-electron chi connectivity index (χ0n) is 14.3. The van der Waals surface area contributed by atoms with Gasteiger partial charge in [0.25, 0.3) is 11.5 Å². The molecule has 0 radical (unpaired) electrons. The van der Waals surface area contributed by atoms with Crippen molar-refractivity contribution in [3.8, 4) is 0 Å². The van der Waals surface area contributed by atoms with Gasteiger partial charge in [0.1, 0.15) is 11.5 Å². The highest BCUT2D eigenvalue weighted by molar-refractivity contribution is 5.98. The molecule has 2 heterocycles. The number of nitrogens with zero attached hydrogens (tertiary/aromatic N) is 2. The van der Waals surface area contributed by atoms with Crippen LogP contribution in [0.3, 0.4) is 0 Å². The zero-order chi connectivity index (χ0) is 18.0. The molecular weight excluding hydrogens is 321 g/mol. The minimum absolute atomic E-state index is 0.0398. The number of hydrogen-bond acceptors (Lipinski definition) is 2. The molecule has 6 heteroatoms. The van der Waals surface area contributed by atoms with E-state index in [1.807, 2.05) is 13.0 Å². The lowest BCUT2D eigenvalue weighted by molar-refractivity contribution is 0.0945. The Morgan fingerprint density at radius 2 is 2.00 bits per heavy atom. The second-order valence-corrected chi connectivity index (χ2v) is 6.06. The largest absolute Gasteiger partial charge is 0.351 e. The average molecular weight is 341 g/mol. The number of nitrogens with one attached hydrogen (secondary N) is 1. The number of benzene rings is 1. The Hall–Kier alpha value is -2.89. The van der Waals surface area contributed by atoms with E-state index in [0.717, 1.165) is 11.2 Å². The molecule has 0 aliphatic heterocycles. The number of carbonyl (C=O) groups is 1. The van der Waals surface area contributed by atoms with Crippen molar-refractivity contribution in [2.24, 2.45) is 7.05 Å². The molecule has 1 amide bonds. The monoisotopic (exact) mass is 341 g/mol. The van der Waals surface area contributed by atoms with Gasteiger partial charge in [0, 0.05) is 42.8 Å². The van der Waals surface area contributed by atoms with Crippen LogP contribution in [0.25, 0.3) is 10.9 Å².